The van der Waals surface area contributed by atoms with Crippen molar-refractivity contribution < 1.29 is 19.6 Å². The van der Waals surface area contributed by atoms with E-state index in [1.165, 1.54) is 17.0 Å². The van der Waals surface area contributed by atoms with Crippen LogP contribution in [0.4, 0.5) is 5.69 Å². The molecule has 0 bridgehead atoms. The first-order valence-corrected chi connectivity index (χ1v) is 6.09. The van der Waals surface area contributed by atoms with Gasteiger partial charge in [0.1, 0.15) is 0 Å². The molecule has 0 saturated carbocycles. The monoisotopic (exact) mass is 280 g/mol. The molecule has 0 heterocycles. The number of amides is 1. The molecule has 0 aromatic heterocycles. The van der Waals surface area contributed by atoms with Gasteiger partial charge < -0.3 is 10.0 Å². The van der Waals surface area contributed by atoms with Crippen LogP contribution in [0.3, 0.4) is 0 Å². The molecule has 20 heavy (non-hydrogen) atoms. The summed E-state index contributed by atoms with van der Waals surface area (Å²) in [6, 6.07) is 6.07. The fourth-order valence-electron chi connectivity index (χ4n) is 1.71. The predicted molar refractivity (Wildman–Crippen MR) is 71.1 cm³/mol. The molecule has 0 aliphatic rings. The van der Waals surface area contributed by atoms with Gasteiger partial charge in [-0.25, -0.2) is 0 Å². The van der Waals surface area contributed by atoms with Crippen LogP contribution in [0.1, 0.15) is 24.8 Å². The number of carboxylic acid groups (broad SMARTS) is 1. The number of carbonyl (C=O) groups excluding carboxylic acids is 1. The van der Waals surface area contributed by atoms with Crippen molar-refractivity contribution in [2.75, 3.05) is 7.05 Å². The summed E-state index contributed by atoms with van der Waals surface area (Å²) in [5.41, 5.74) is 0.641. The topological polar surface area (TPSA) is 101 Å². The van der Waals surface area contributed by atoms with E-state index >= 15 is 0 Å². The highest BCUT2D eigenvalue weighted by Gasteiger charge is 2.12. The number of nitrogens with zero attached hydrogens (tertiary/aromatic N) is 2. The summed E-state index contributed by atoms with van der Waals surface area (Å²) >= 11 is 0. The third kappa shape index (κ3) is 5.05. The molecule has 0 atom stereocenters. The minimum absolute atomic E-state index is 0.0192. The maximum absolute atomic E-state index is 11.7. The number of carbonyl (C=O) groups is 2. The van der Waals surface area contributed by atoms with Crippen molar-refractivity contribution in [3.63, 3.8) is 0 Å². The normalized spacial score (nSPS) is 10.1. The molecule has 0 aliphatic heterocycles. The van der Waals surface area contributed by atoms with Gasteiger partial charge in [0.05, 0.1) is 4.92 Å². The van der Waals surface area contributed by atoms with Gasteiger partial charge in [0.2, 0.25) is 5.91 Å². The third-order valence-electron chi connectivity index (χ3n) is 2.75. The van der Waals surface area contributed by atoms with Gasteiger partial charge >= 0.3 is 5.97 Å². The zero-order valence-corrected chi connectivity index (χ0v) is 11.1. The van der Waals surface area contributed by atoms with Gasteiger partial charge in [-0.2, -0.15) is 0 Å². The maximum Gasteiger partial charge on any atom is 0.303 e. The van der Waals surface area contributed by atoms with Gasteiger partial charge in [0.25, 0.3) is 5.69 Å². The standard InChI is InChI=1S/C13H16N2O5/c1-14(12(16)6-3-7-13(17)18)9-10-4-2-5-11(8-10)15(19)20/h2,4-5,8H,3,6-7,9H2,1H3,(H,17,18). The highest BCUT2D eigenvalue weighted by Crippen LogP contribution is 2.14. The molecule has 1 aromatic carbocycles. The summed E-state index contributed by atoms with van der Waals surface area (Å²) in [6.45, 7) is 0.258. The molecule has 0 unspecified atom stereocenters. The largest absolute Gasteiger partial charge is 0.481 e. The minimum Gasteiger partial charge on any atom is -0.481 e. The Kier molecular flexibility index (Phi) is 5.64. The lowest BCUT2D eigenvalue weighted by Crippen LogP contribution is -2.26. The molecule has 7 nitrogen and oxygen atoms in total. The Labute approximate surface area is 116 Å². The van der Waals surface area contributed by atoms with E-state index in [9.17, 15) is 19.7 Å². The average Bonchev–Trinajstić information content (AvgIpc) is 2.38. The van der Waals surface area contributed by atoms with E-state index in [-0.39, 0.29) is 37.4 Å². The number of carboxylic acids is 1. The first-order valence-electron chi connectivity index (χ1n) is 6.09. The second kappa shape index (κ2) is 7.22. The fourth-order valence-corrected chi connectivity index (χ4v) is 1.71. The van der Waals surface area contributed by atoms with Gasteiger partial charge in [-0.05, 0) is 12.0 Å². The summed E-state index contributed by atoms with van der Waals surface area (Å²) < 4.78 is 0. The van der Waals surface area contributed by atoms with Crippen molar-refractivity contribution >= 4 is 17.6 Å². The quantitative estimate of drug-likeness (QED) is 0.606. The second-order valence-electron chi connectivity index (χ2n) is 4.42. The van der Waals surface area contributed by atoms with E-state index in [2.05, 4.69) is 0 Å². The molecule has 1 amide bonds. The van der Waals surface area contributed by atoms with Gasteiger partial charge in [0.15, 0.2) is 0 Å². The molecule has 1 rings (SSSR count). The highest BCUT2D eigenvalue weighted by molar-refractivity contribution is 5.76. The lowest BCUT2D eigenvalue weighted by atomic mass is 10.1. The van der Waals surface area contributed by atoms with Crippen molar-refractivity contribution in [2.45, 2.75) is 25.8 Å². The summed E-state index contributed by atoms with van der Waals surface area (Å²) in [5.74, 6) is -1.11. The zero-order valence-electron chi connectivity index (χ0n) is 11.1. The summed E-state index contributed by atoms with van der Waals surface area (Å²) in [6.07, 6.45) is 0.390. The van der Waals surface area contributed by atoms with Crippen LogP contribution in [0.15, 0.2) is 24.3 Å². The smallest absolute Gasteiger partial charge is 0.303 e. The van der Waals surface area contributed by atoms with Crippen LogP contribution in [0.2, 0.25) is 0 Å². The Bertz CT molecular complexity index is 515. The number of benzene rings is 1. The molecule has 1 N–H and O–H groups in total. The number of non-ortho nitro benzene ring substituents is 1. The van der Waals surface area contributed by atoms with Crippen molar-refractivity contribution in [3.8, 4) is 0 Å². The summed E-state index contributed by atoms with van der Waals surface area (Å²) in [5, 5.41) is 19.1. The van der Waals surface area contributed by atoms with E-state index in [1.54, 1.807) is 19.2 Å². The van der Waals surface area contributed by atoms with E-state index in [4.69, 9.17) is 5.11 Å². The van der Waals surface area contributed by atoms with Gasteiger partial charge in [0, 0.05) is 38.6 Å². The van der Waals surface area contributed by atoms with Crippen LogP contribution < -0.4 is 0 Å². The second-order valence-corrected chi connectivity index (χ2v) is 4.42. The summed E-state index contributed by atoms with van der Waals surface area (Å²) in [7, 11) is 1.59. The lowest BCUT2D eigenvalue weighted by Gasteiger charge is -2.17. The van der Waals surface area contributed by atoms with Crippen LogP contribution in [0.5, 0.6) is 0 Å². The van der Waals surface area contributed by atoms with Crippen molar-refractivity contribution in [2.24, 2.45) is 0 Å². The average molecular weight is 280 g/mol. The number of nitro benzene ring substituents is 1. The Morgan fingerprint density at radius 3 is 2.65 bits per heavy atom. The first kappa shape index (κ1) is 15.6. The predicted octanol–water partition coefficient (Wildman–Crippen LogP) is 1.81. The van der Waals surface area contributed by atoms with Crippen LogP contribution in [0.25, 0.3) is 0 Å². The third-order valence-corrected chi connectivity index (χ3v) is 2.75. The molecule has 1 aromatic rings. The Hall–Kier alpha value is -2.44. The van der Waals surface area contributed by atoms with Crippen molar-refractivity contribution in [3.05, 3.63) is 39.9 Å². The molecule has 0 fully saturated rings. The summed E-state index contributed by atoms with van der Waals surface area (Å²) in [4.78, 5) is 33.7. The van der Waals surface area contributed by atoms with Crippen LogP contribution in [0, 0.1) is 10.1 Å². The van der Waals surface area contributed by atoms with E-state index in [0.29, 0.717) is 5.56 Å². The van der Waals surface area contributed by atoms with Crippen molar-refractivity contribution in [1.29, 1.82) is 0 Å². The molecular formula is C13H16N2O5. The van der Waals surface area contributed by atoms with Crippen LogP contribution in [-0.2, 0) is 16.1 Å². The molecule has 0 spiro atoms. The molecule has 0 radical (unpaired) electrons. The SMILES string of the molecule is CN(Cc1cccc([N+](=O)[O-])c1)C(=O)CCCC(=O)O. The molecule has 0 aliphatic carbocycles. The Morgan fingerprint density at radius 2 is 2.05 bits per heavy atom. The van der Waals surface area contributed by atoms with Gasteiger partial charge in [-0.3, -0.25) is 19.7 Å². The Morgan fingerprint density at radius 1 is 1.35 bits per heavy atom. The maximum atomic E-state index is 11.7. The molecular weight excluding hydrogens is 264 g/mol. The van der Waals surface area contributed by atoms with Crippen LogP contribution in [-0.4, -0.2) is 33.9 Å². The number of hydrogen-bond acceptors (Lipinski definition) is 4. The number of nitro groups is 1. The Balaban J connectivity index is 2.54. The van der Waals surface area contributed by atoms with Gasteiger partial charge in [-0.15, -0.1) is 0 Å². The van der Waals surface area contributed by atoms with E-state index in [1.807, 2.05) is 0 Å². The van der Waals surface area contributed by atoms with E-state index in [0.717, 1.165) is 0 Å². The number of rotatable bonds is 7. The zero-order chi connectivity index (χ0) is 15.1. The number of aliphatic carboxylic acids is 1. The fraction of sp³-hybridized carbons (Fsp3) is 0.385. The lowest BCUT2D eigenvalue weighted by molar-refractivity contribution is -0.384. The van der Waals surface area contributed by atoms with Gasteiger partial charge in [-0.1, -0.05) is 12.1 Å². The number of hydrogen-bond donors (Lipinski definition) is 1. The van der Waals surface area contributed by atoms with Crippen molar-refractivity contribution in [1.82, 2.24) is 4.90 Å². The van der Waals surface area contributed by atoms with E-state index < -0.39 is 10.9 Å². The molecule has 108 valence electrons. The van der Waals surface area contributed by atoms with Crippen LogP contribution >= 0.6 is 0 Å². The molecule has 7 heteroatoms. The minimum atomic E-state index is -0.931. The molecule has 0 saturated heterocycles. The first-order chi connectivity index (χ1) is 9.40. The highest BCUT2D eigenvalue weighted by atomic mass is 16.6.